The van der Waals surface area contributed by atoms with Crippen LogP contribution in [0.1, 0.15) is 25.1 Å². The maximum Gasteiger partial charge on any atom is 0.191 e. The first-order chi connectivity index (χ1) is 10.3. The van der Waals surface area contributed by atoms with E-state index in [4.69, 9.17) is 11.6 Å². The fraction of sp³-hybridized carbons (Fsp3) is 0.467. The topological polar surface area (TPSA) is 42.7 Å². The number of fused-ring (bicyclic) bond motifs is 1. The Morgan fingerprint density at radius 2 is 2.19 bits per heavy atom. The molecular weight excluding hydrogens is 304 g/mol. The van der Waals surface area contributed by atoms with Crippen molar-refractivity contribution in [2.24, 2.45) is 0 Å². The minimum Gasteiger partial charge on any atom is -0.384 e. The SMILES string of the molecule is Clc1cccc(NCCSc2nnc3n2CCCCC3)c1. The summed E-state index contributed by atoms with van der Waals surface area (Å²) in [6, 6.07) is 7.80. The van der Waals surface area contributed by atoms with Gasteiger partial charge in [-0.05, 0) is 31.0 Å². The zero-order chi connectivity index (χ0) is 14.5. The van der Waals surface area contributed by atoms with Crippen LogP contribution in [0, 0.1) is 0 Å². The molecular formula is C15H19ClN4S. The highest BCUT2D eigenvalue weighted by atomic mass is 35.5. The van der Waals surface area contributed by atoms with Crippen molar-refractivity contribution in [2.75, 3.05) is 17.6 Å². The van der Waals surface area contributed by atoms with Crippen LogP contribution in [-0.4, -0.2) is 27.1 Å². The van der Waals surface area contributed by atoms with Crippen molar-refractivity contribution < 1.29 is 0 Å². The van der Waals surface area contributed by atoms with Gasteiger partial charge in [0, 0.05) is 36.0 Å². The van der Waals surface area contributed by atoms with Gasteiger partial charge in [-0.3, -0.25) is 0 Å². The highest BCUT2D eigenvalue weighted by Crippen LogP contribution is 2.22. The van der Waals surface area contributed by atoms with Gasteiger partial charge in [0.15, 0.2) is 5.16 Å². The lowest BCUT2D eigenvalue weighted by Crippen LogP contribution is -2.06. The van der Waals surface area contributed by atoms with Gasteiger partial charge in [-0.1, -0.05) is 35.9 Å². The summed E-state index contributed by atoms with van der Waals surface area (Å²) in [5.74, 6) is 2.11. The smallest absolute Gasteiger partial charge is 0.191 e. The maximum absolute atomic E-state index is 5.97. The van der Waals surface area contributed by atoms with Gasteiger partial charge in [0.25, 0.3) is 0 Å². The van der Waals surface area contributed by atoms with E-state index in [0.717, 1.165) is 47.0 Å². The van der Waals surface area contributed by atoms with Crippen LogP contribution in [-0.2, 0) is 13.0 Å². The number of anilines is 1. The fourth-order valence-corrected chi connectivity index (χ4v) is 3.53. The van der Waals surface area contributed by atoms with Crippen molar-refractivity contribution in [1.29, 1.82) is 0 Å². The van der Waals surface area contributed by atoms with Gasteiger partial charge in [0.05, 0.1) is 0 Å². The molecule has 112 valence electrons. The molecule has 0 amide bonds. The molecule has 1 aromatic heterocycles. The predicted molar refractivity (Wildman–Crippen MR) is 88.2 cm³/mol. The third-order valence-corrected chi connectivity index (χ3v) is 4.77. The van der Waals surface area contributed by atoms with E-state index in [9.17, 15) is 0 Å². The number of nitrogens with zero attached hydrogens (tertiary/aromatic N) is 3. The van der Waals surface area contributed by atoms with Gasteiger partial charge < -0.3 is 9.88 Å². The van der Waals surface area contributed by atoms with Gasteiger partial charge in [0.1, 0.15) is 5.82 Å². The summed E-state index contributed by atoms with van der Waals surface area (Å²) in [6.07, 6.45) is 4.83. The van der Waals surface area contributed by atoms with E-state index < -0.39 is 0 Å². The third kappa shape index (κ3) is 3.92. The van der Waals surface area contributed by atoms with Crippen LogP contribution in [0.4, 0.5) is 5.69 Å². The highest BCUT2D eigenvalue weighted by molar-refractivity contribution is 7.99. The van der Waals surface area contributed by atoms with E-state index >= 15 is 0 Å². The summed E-state index contributed by atoms with van der Waals surface area (Å²) in [4.78, 5) is 0. The number of aromatic nitrogens is 3. The summed E-state index contributed by atoms with van der Waals surface area (Å²) in [7, 11) is 0. The molecule has 1 aliphatic heterocycles. The number of hydrogen-bond acceptors (Lipinski definition) is 4. The standard InChI is InChI=1S/C15H19ClN4S/c16-12-5-4-6-13(11-12)17-8-10-21-15-19-18-14-7-2-1-3-9-20(14)15/h4-6,11,17H,1-3,7-10H2. The summed E-state index contributed by atoms with van der Waals surface area (Å²) in [5, 5.41) is 13.8. The number of thioether (sulfide) groups is 1. The summed E-state index contributed by atoms with van der Waals surface area (Å²) >= 11 is 7.74. The summed E-state index contributed by atoms with van der Waals surface area (Å²) in [6.45, 7) is 1.94. The Morgan fingerprint density at radius 3 is 3.10 bits per heavy atom. The summed E-state index contributed by atoms with van der Waals surface area (Å²) in [5.41, 5.74) is 1.06. The Morgan fingerprint density at radius 1 is 1.24 bits per heavy atom. The molecule has 2 aromatic rings. The minimum absolute atomic E-state index is 0.760. The van der Waals surface area contributed by atoms with E-state index in [1.54, 1.807) is 11.8 Å². The lowest BCUT2D eigenvalue weighted by Gasteiger charge is -2.08. The number of rotatable bonds is 5. The number of aryl methyl sites for hydroxylation is 1. The van der Waals surface area contributed by atoms with Crippen LogP contribution in [0.2, 0.25) is 5.02 Å². The Bertz CT molecular complexity index is 599. The maximum atomic E-state index is 5.97. The molecule has 1 aliphatic rings. The van der Waals surface area contributed by atoms with Crippen molar-refractivity contribution >= 4 is 29.1 Å². The molecule has 21 heavy (non-hydrogen) atoms. The van der Waals surface area contributed by atoms with Gasteiger partial charge in [-0.25, -0.2) is 0 Å². The lowest BCUT2D eigenvalue weighted by molar-refractivity contribution is 0.591. The van der Waals surface area contributed by atoms with Crippen LogP contribution >= 0.6 is 23.4 Å². The first-order valence-corrected chi connectivity index (χ1v) is 8.73. The quantitative estimate of drug-likeness (QED) is 0.670. The molecule has 0 bridgehead atoms. The molecule has 0 aliphatic carbocycles. The normalized spacial score (nSPS) is 14.5. The van der Waals surface area contributed by atoms with E-state index in [1.807, 2.05) is 24.3 Å². The largest absolute Gasteiger partial charge is 0.384 e. The van der Waals surface area contributed by atoms with Crippen molar-refractivity contribution in [1.82, 2.24) is 14.8 Å². The Hall–Kier alpha value is -1.20. The fourth-order valence-electron chi connectivity index (χ4n) is 2.50. The van der Waals surface area contributed by atoms with E-state index in [1.165, 1.54) is 19.3 Å². The Kier molecular flexibility index (Phi) is 5.04. The van der Waals surface area contributed by atoms with Crippen LogP contribution in [0.15, 0.2) is 29.4 Å². The molecule has 3 rings (SSSR count). The molecule has 0 fully saturated rings. The predicted octanol–water partition coefficient (Wildman–Crippen LogP) is 3.86. The number of nitrogens with one attached hydrogen (secondary N) is 1. The average Bonchev–Trinajstić information content (AvgIpc) is 2.71. The first-order valence-electron chi connectivity index (χ1n) is 7.37. The molecule has 0 unspecified atom stereocenters. The minimum atomic E-state index is 0.760. The number of hydrogen-bond donors (Lipinski definition) is 1. The summed E-state index contributed by atoms with van der Waals surface area (Å²) < 4.78 is 2.29. The second kappa shape index (κ2) is 7.18. The molecule has 1 aromatic carbocycles. The van der Waals surface area contributed by atoms with Gasteiger partial charge in [-0.2, -0.15) is 0 Å². The average molecular weight is 323 g/mol. The monoisotopic (exact) mass is 322 g/mol. The van der Waals surface area contributed by atoms with Gasteiger partial charge >= 0.3 is 0 Å². The molecule has 4 nitrogen and oxygen atoms in total. The molecule has 0 saturated carbocycles. The first kappa shape index (κ1) is 14.7. The van der Waals surface area contributed by atoms with Crippen molar-refractivity contribution in [3.63, 3.8) is 0 Å². The van der Waals surface area contributed by atoms with Crippen molar-refractivity contribution in [2.45, 2.75) is 37.4 Å². The molecule has 0 spiro atoms. The Labute approximate surface area is 134 Å². The van der Waals surface area contributed by atoms with Gasteiger partial charge in [-0.15, -0.1) is 10.2 Å². The van der Waals surface area contributed by atoms with Crippen molar-refractivity contribution in [3.05, 3.63) is 35.1 Å². The molecule has 1 N–H and O–H groups in total. The number of halogens is 1. The second-order valence-electron chi connectivity index (χ2n) is 5.15. The zero-order valence-corrected chi connectivity index (χ0v) is 13.5. The van der Waals surface area contributed by atoms with Crippen LogP contribution in [0.3, 0.4) is 0 Å². The van der Waals surface area contributed by atoms with Crippen LogP contribution < -0.4 is 5.32 Å². The second-order valence-corrected chi connectivity index (χ2v) is 6.65. The van der Waals surface area contributed by atoms with Crippen LogP contribution in [0.25, 0.3) is 0 Å². The molecule has 0 atom stereocenters. The van der Waals surface area contributed by atoms with Crippen LogP contribution in [0.5, 0.6) is 0 Å². The zero-order valence-electron chi connectivity index (χ0n) is 11.9. The third-order valence-electron chi connectivity index (χ3n) is 3.56. The van der Waals surface area contributed by atoms with E-state index in [-0.39, 0.29) is 0 Å². The Balaban J connectivity index is 1.51. The highest BCUT2D eigenvalue weighted by Gasteiger charge is 2.14. The molecule has 0 radical (unpaired) electrons. The van der Waals surface area contributed by atoms with E-state index in [2.05, 4.69) is 20.1 Å². The molecule has 6 heteroatoms. The molecule has 0 saturated heterocycles. The van der Waals surface area contributed by atoms with Gasteiger partial charge in [0.2, 0.25) is 0 Å². The molecule has 2 heterocycles. The van der Waals surface area contributed by atoms with Crippen molar-refractivity contribution in [3.8, 4) is 0 Å². The lowest BCUT2D eigenvalue weighted by atomic mass is 10.2. The van der Waals surface area contributed by atoms with E-state index in [0.29, 0.717) is 0 Å². The number of benzene rings is 1.